The molecule has 7 rings (SSSR count). The van der Waals surface area contributed by atoms with Crippen LogP contribution in [0.25, 0.3) is 0 Å². The number of ketones is 2. The van der Waals surface area contributed by atoms with Crippen LogP contribution in [-0.4, -0.2) is 11.6 Å². The van der Waals surface area contributed by atoms with Crippen molar-refractivity contribution in [2.75, 3.05) is 9.80 Å². The van der Waals surface area contributed by atoms with E-state index < -0.39 is 0 Å². The minimum Gasteiger partial charge on any atom is -0.310 e. The molecule has 0 saturated heterocycles. The number of aryl methyl sites for hydroxylation is 4. The molecule has 0 spiro atoms. The third kappa shape index (κ3) is 7.33. The zero-order valence-electron chi connectivity index (χ0n) is 29.9. The van der Waals surface area contributed by atoms with Gasteiger partial charge in [0.1, 0.15) is 0 Å². The van der Waals surface area contributed by atoms with E-state index in [4.69, 9.17) is 0 Å². The Labute approximate surface area is 306 Å². The summed E-state index contributed by atoms with van der Waals surface area (Å²) in [5, 5.41) is 0. The van der Waals surface area contributed by atoms with E-state index in [9.17, 15) is 9.59 Å². The van der Waals surface area contributed by atoms with Gasteiger partial charge in [0, 0.05) is 56.4 Å². The summed E-state index contributed by atoms with van der Waals surface area (Å²) in [6.07, 6.45) is 0. The summed E-state index contributed by atoms with van der Waals surface area (Å²) in [5.41, 5.74) is 12.4. The van der Waals surface area contributed by atoms with Crippen molar-refractivity contribution in [2.24, 2.45) is 0 Å². The van der Waals surface area contributed by atoms with Gasteiger partial charge in [0.25, 0.3) is 0 Å². The Kier molecular flexibility index (Phi) is 9.64. The normalized spacial score (nSPS) is 10.8. The molecule has 7 aromatic rings. The molecular formula is C48H40N2O2. The van der Waals surface area contributed by atoms with Crippen molar-refractivity contribution in [3.05, 3.63) is 214 Å². The second-order valence-corrected chi connectivity index (χ2v) is 13.4. The van der Waals surface area contributed by atoms with Crippen molar-refractivity contribution in [1.29, 1.82) is 0 Å². The fourth-order valence-electron chi connectivity index (χ4n) is 6.38. The lowest BCUT2D eigenvalue weighted by Gasteiger charge is -2.26. The first-order valence-electron chi connectivity index (χ1n) is 17.5. The molecule has 0 fully saturated rings. The van der Waals surface area contributed by atoms with E-state index >= 15 is 0 Å². The van der Waals surface area contributed by atoms with Crippen molar-refractivity contribution in [2.45, 2.75) is 27.7 Å². The maximum atomic E-state index is 14.1. The van der Waals surface area contributed by atoms with Crippen LogP contribution in [0.5, 0.6) is 0 Å². The summed E-state index contributed by atoms with van der Waals surface area (Å²) in [6.45, 7) is 8.28. The average molecular weight is 677 g/mol. The van der Waals surface area contributed by atoms with Crippen LogP contribution in [0.3, 0.4) is 0 Å². The molecule has 4 nitrogen and oxygen atoms in total. The van der Waals surface area contributed by atoms with Gasteiger partial charge in [-0.15, -0.1) is 0 Å². The van der Waals surface area contributed by atoms with Gasteiger partial charge in [-0.1, -0.05) is 113 Å². The lowest BCUT2D eigenvalue weighted by Crippen LogP contribution is -2.12. The molecule has 0 bridgehead atoms. The van der Waals surface area contributed by atoms with Gasteiger partial charge in [0.05, 0.1) is 0 Å². The predicted molar refractivity (Wildman–Crippen MR) is 215 cm³/mol. The van der Waals surface area contributed by atoms with Gasteiger partial charge in [0.2, 0.25) is 0 Å². The van der Waals surface area contributed by atoms with Crippen LogP contribution in [0.1, 0.15) is 54.1 Å². The average Bonchev–Trinajstić information content (AvgIpc) is 3.18. The zero-order valence-corrected chi connectivity index (χ0v) is 29.9. The molecule has 0 heterocycles. The molecular weight excluding hydrogens is 637 g/mol. The summed E-state index contributed by atoms with van der Waals surface area (Å²) >= 11 is 0. The number of hydrogen-bond acceptors (Lipinski definition) is 4. The number of hydrogen-bond donors (Lipinski definition) is 0. The molecule has 0 aliphatic carbocycles. The summed E-state index contributed by atoms with van der Waals surface area (Å²) in [5.74, 6) is -0.300. The molecule has 0 saturated carbocycles. The summed E-state index contributed by atoms with van der Waals surface area (Å²) < 4.78 is 0. The molecule has 52 heavy (non-hydrogen) atoms. The van der Waals surface area contributed by atoms with E-state index in [1.165, 1.54) is 22.3 Å². The quantitative estimate of drug-likeness (QED) is 0.135. The van der Waals surface area contributed by atoms with Gasteiger partial charge in [-0.2, -0.15) is 0 Å². The largest absolute Gasteiger partial charge is 0.310 e. The Balaban J connectivity index is 1.20. The van der Waals surface area contributed by atoms with Gasteiger partial charge in [-0.25, -0.2) is 0 Å². The monoisotopic (exact) mass is 676 g/mol. The zero-order chi connectivity index (χ0) is 36.2. The lowest BCUT2D eigenvalue weighted by molar-refractivity contribution is 0.103. The topological polar surface area (TPSA) is 40.6 Å². The van der Waals surface area contributed by atoms with E-state index in [2.05, 4.69) is 135 Å². The molecule has 0 aromatic heterocycles. The first kappa shape index (κ1) is 34.0. The first-order valence-corrected chi connectivity index (χ1v) is 17.5. The number of rotatable bonds is 10. The number of anilines is 6. The van der Waals surface area contributed by atoms with E-state index in [1.807, 2.05) is 48.5 Å². The minimum absolute atomic E-state index is 0.150. The number of carbonyl (C=O) groups excluding carboxylic acids is 2. The van der Waals surface area contributed by atoms with Crippen LogP contribution in [-0.2, 0) is 0 Å². The Hall–Kier alpha value is -6.52. The van der Waals surface area contributed by atoms with Gasteiger partial charge < -0.3 is 9.80 Å². The summed E-state index contributed by atoms with van der Waals surface area (Å²) in [4.78, 5) is 32.4. The lowest BCUT2D eigenvalue weighted by atomic mass is 9.96. The molecule has 0 amide bonds. The molecule has 254 valence electrons. The first-order chi connectivity index (χ1) is 25.2. The third-order valence-electron chi connectivity index (χ3n) is 9.29. The maximum Gasteiger partial charge on any atom is 0.193 e. The Bertz CT molecular complexity index is 2100. The maximum absolute atomic E-state index is 14.1. The van der Waals surface area contributed by atoms with E-state index in [-0.39, 0.29) is 11.6 Å². The van der Waals surface area contributed by atoms with Crippen molar-refractivity contribution < 1.29 is 9.59 Å². The molecule has 0 aliphatic rings. The van der Waals surface area contributed by atoms with Crippen molar-refractivity contribution in [3.63, 3.8) is 0 Å². The second-order valence-electron chi connectivity index (χ2n) is 13.4. The van der Waals surface area contributed by atoms with Crippen LogP contribution >= 0.6 is 0 Å². The van der Waals surface area contributed by atoms with Crippen molar-refractivity contribution >= 4 is 45.7 Å². The molecule has 0 unspecified atom stereocenters. The second kappa shape index (κ2) is 14.8. The summed E-state index contributed by atoms with van der Waals surface area (Å²) in [6, 6.07) is 55.8. The SMILES string of the molecule is Cc1ccc(N(c2ccc(C)cc2)c2cccc(C(=O)c3cccc(C(=O)c4cccc(N(c5ccc(C)cc5)c5ccc(C)cc5)c4)c3)c2)cc1. The van der Waals surface area contributed by atoms with Crippen LogP contribution < -0.4 is 9.80 Å². The van der Waals surface area contributed by atoms with Crippen molar-refractivity contribution in [1.82, 2.24) is 0 Å². The Morgan fingerprint density at radius 1 is 0.308 bits per heavy atom. The molecule has 4 heteroatoms. The smallest absolute Gasteiger partial charge is 0.193 e. The number of benzene rings is 7. The number of nitrogens with zero attached hydrogens (tertiary/aromatic N) is 2. The molecule has 0 aliphatic heterocycles. The van der Waals surface area contributed by atoms with E-state index in [1.54, 1.807) is 24.3 Å². The predicted octanol–water partition coefficient (Wildman–Crippen LogP) is 12.3. The highest BCUT2D eigenvalue weighted by atomic mass is 16.1. The molecule has 0 radical (unpaired) electrons. The van der Waals surface area contributed by atoms with E-state index in [0.717, 1.165) is 34.1 Å². The van der Waals surface area contributed by atoms with Crippen molar-refractivity contribution in [3.8, 4) is 0 Å². The minimum atomic E-state index is -0.150. The highest BCUT2D eigenvalue weighted by Crippen LogP contribution is 2.37. The van der Waals surface area contributed by atoms with Crippen LogP contribution in [0, 0.1) is 27.7 Å². The summed E-state index contributed by atoms with van der Waals surface area (Å²) in [7, 11) is 0. The van der Waals surface area contributed by atoms with Gasteiger partial charge in [-0.05, 0) is 107 Å². The van der Waals surface area contributed by atoms with Crippen LogP contribution in [0.2, 0.25) is 0 Å². The molecule has 0 atom stereocenters. The fraction of sp³-hybridized carbons (Fsp3) is 0.0833. The van der Waals surface area contributed by atoms with Crippen LogP contribution in [0.15, 0.2) is 170 Å². The number of carbonyl (C=O) groups is 2. The van der Waals surface area contributed by atoms with Crippen LogP contribution in [0.4, 0.5) is 34.1 Å². The highest BCUT2D eigenvalue weighted by molar-refractivity contribution is 6.13. The van der Waals surface area contributed by atoms with E-state index in [0.29, 0.717) is 22.3 Å². The van der Waals surface area contributed by atoms with Gasteiger partial charge in [-0.3, -0.25) is 9.59 Å². The van der Waals surface area contributed by atoms with Gasteiger partial charge in [0.15, 0.2) is 11.6 Å². The fourth-order valence-corrected chi connectivity index (χ4v) is 6.38. The highest BCUT2D eigenvalue weighted by Gasteiger charge is 2.19. The molecule has 7 aromatic carbocycles. The Morgan fingerprint density at radius 3 is 0.846 bits per heavy atom. The third-order valence-corrected chi connectivity index (χ3v) is 9.29. The Morgan fingerprint density at radius 2 is 0.558 bits per heavy atom. The standard InChI is InChI=1S/C48H40N2O2/c1-33-14-22-41(23-15-33)49(42-24-16-34(2)17-25-42)45-12-6-10-39(31-45)47(51)37-8-5-9-38(30-37)48(52)40-11-7-13-46(32-40)50(43-26-18-35(3)19-27-43)44-28-20-36(4)21-29-44/h5-32H,1-4H3. The van der Waals surface area contributed by atoms with Gasteiger partial charge >= 0.3 is 0 Å². The molecule has 0 N–H and O–H groups in total.